The summed E-state index contributed by atoms with van der Waals surface area (Å²) in [5.74, 6) is 3.07. The topological polar surface area (TPSA) is 37.2 Å². The van der Waals surface area contributed by atoms with E-state index in [0.29, 0.717) is 12.5 Å². The molecule has 2 saturated heterocycles. The van der Waals surface area contributed by atoms with E-state index in [4.69, 9.17) is 4.74 Å². The Morgan fingerprint density at radius 1 is 1.04 bits per heavy atom. The summed E-state index contributed by atoms with van der Waals surface area (Å²) in [6.07, 6.45) is 6.98. The number of amides is 1. The van der Waals surface area contributed by atoms with E-state index in [-0.39, 0.29) is 0 Å². The minimum Gasteiger partial charge on any atom is -0.497 e. The van der Waals surface area contributed by atoms with Gasteiger partial charge < -0.3 is 19.4 Å². The summed E-state index contributed by atoms with van der Waals surface area (Å²) in [7, 11) is 1.69. The van der Waals surface area contributed by atoms with E-state index in [1.165, 1.54) is 55.8 Å². The van der Waals surface area contributed by atoms with Gasteiger partial charge in [-0.25, -0.2) is 0 Å². The molecule has 2 heterocycles. The lowest BCUT2D eigenvalue weighted by molar-refractivity contribution is -0.903. The van der Waals surface area contributed by atoms with E-state index in [9.17, 15) is 4.79 Å². The van der Waals surface area contributed by atoms with Crippen molar-refractivity contribution < 1.29 is 14.4 Å². The molecular weight excluding hydrogens is 338 g/mol. The first-order valence-electron chi connectivity index (χ1n) is 10.7. The van der Waals surface area contributed by atoms with E-state index >= 15 is 0 Å². The van der Waals surface area contributed by atoms with Crippen molar-refractivity contribution >= 4 is 11.6 Å². The Bertz CT molecular complexity index is 625. The number of rotatable bonds is 4. The van der Waals surface area contributed by atoms with Crippen LogP contribution >= 0.6 is 0 Å². The monoisotopic (exact) mass is 372 g/mol. The lowest BCUT2D eigenvalue weighted by Crippen LogP contribution is -3.15. The Morgan fingerprint density at radius 3 is 2.44 bits per heavy atom. The molecule has 4 rings (SSSR count). The van der Waals surface area contributed by atoms with Gasteiger partial charge in [-0.15, -0.1) is 0 Å². The fourth-order valence-electron chi connectivity index (χ4n) is 5.29. The number of nitrogens with one attached hydrogen (secondary N) is 1. The van der Waals surface area contributed by atoms with Crippen molar-refractivity contribution in [2.75, 3.05) is 57.8 Å². The molecule has 0 aromatic heterocycles. The molecule has 1 saturated carbocycles. The highest BCUT2D eigenvalue weighted by Gasteiger charge is 2.35. The molecule has 148 valence electrons. The van der Waals surface area contributed by atoms with Gasteiger partial charge in [-0.1, -0.05) is 12.8 Å². The van der Waals surface area contributed by atoms with Gasteiger partial charge in [0.25, 0.3) is 5.91 Å². The standard InChI is InChI=1S/C22H33N3O2/c1-27-21-8-6-20(7-9-21)24-12-14-25(15-13-24)22(26)17-23-11-10-18-4-2-3-5-19(18)16-23/h6-9,18-19H,2-5,10-17H2,1H3/p+1/t18-,19-/m1/s1. The number of nitrogens with zero attached hydrogens (tertiary/aromatic N) is 2. The number of anilines is 1. The van der Waals surface area contributed by atoms with Gasteiger partial charge in [0.05, 0.1) is 20.2 Å². The number of quaternary nitrogens is 1. The normalized spacial score (nSPS) is 28.6. The highest BCUT2D eigenvalue weighted by Crippen LogP contribution is 2.32. The van der Waals surface area contributed by atoms with Gasteiger partial charge in [0.15, 0.2) is 6.54 Å². The summed E-state index contributed by atoms with van der Waals surface area (Å²) in [4.78, 5) is 18.8. The van der Waals surface area contributed by atoms with E-state index in [1.807, 2.05) is 12.1 Å². The molecule has 1 aromatic carbocycles. The van der Waals surface area contributed by atoms with Crippen molar-refractivity contribution in [1.29, 1.82) is 0 Å². The van der Waals surface area contributed by atoms with Crippen LogP contribution in [0, 0.1) is 11.8 Å². The van der Waals surface area contributed by atoms with E-state index in [2.05, 4.69) is 21.9 Å². The zero-order valence-corrected chi connectivity index (χ0v) is 16.7. The molecule has 27 heavy (non-hydrogen) atoms. The van der Waals surface area contributed by atoms with Crippen LogP contribution in [0.3, 0.4) is 0 Å². The molecular formula is C22H34N3O2+. The smallest absolute Gasteiger partial charge is 0.277 e. The summed E-state index contributed by atoms with van der Waals surface area (Å²) in [5, 5.41) is 0. The van der Waals surface area contributed by atoms with E-state index in [1.54, 1.807) is 7.11 Å². The number of carbonyl (C=O) groups excluding carboxylic acids is 1. The van der Waals surface area contributed by atoms with Gasteiger partial charge in [-0.2, -0.15) is 0 Å². The fraction of sp³-hybridized carbons (Fsp3) is 0.682. The first-order chi connectivity index (χ1) is 13.2. The SMILES string of the molecule is COc1ccc(N2CCN(C(=O)C[NH+]3CC[C@H]4CCCC[C@@H]4C3)CC2)cc1. The molecule has 0 spiro atoms. The van der Waals surface area contributed by atoms with E-state index in [0.717, 1.165) is 43.8 Å². The molecule has 1 unspecified atom stereocenters. The van der Waals surface area contributed by atoms with Crippen LogP contribution < -0.4 is 14.5 Å². The Morgan fingerprint density at radius 2 is 1.74 bits per heavy atom. The number of benzene rings is 1. The minimum atomic E-state index is 0.355. The van der Waals surface area contributed by atoms with Crippen molar-refractivity contribution in [2.24, 2.45) is 11.8 Å². The van der Waals surface area contributed by atoms with Crippen molar-refractivity contribution in [2.45, 2.75) is 32.1 Å². The van der Waals surface area contributed by atoms with Gasteiger partial charge in [0.1, 0.15) is 5.75 Å². The highest BCUT2D eigenvalue weighted by molar-refractivity contribution is 5.77. The Hall–Kier alpha value is -1.75. The summed E-state index contributed by atoms with van der Waals surface area (Å²) >= 11 is 0. The quantitative estimate of drug-likeness (QED) is 0.869. The molecule has 1 N–H and O–H groups in total. The van der Waals surface area contributed by atoms with Crippen molar-refractivity contribution in [3.8, 4) is 5.75 Å². The predicted molar refractivity (Wildman–Crippen MR) is 107 cm³/mol. The first-order valence-corrected chi connectivity index (χ1v) is 10.7. The van der Waals surface area contributed by atoms with Gasteiger partial charge in [-0.3, -0.25) is 4.79 Å². The van der Waals surface area contributed by atoms with Crippen LogP contribution in [0.15, 0.2) is 24.3 Å². The summed E-state index contributed by atoms with van der Waals surface area (Å²) in [6, 6.07) is 8.22. The lowest BCUT2D eigenvalue weighted by Gasteiger charge is -2.40. The zero-order chi connectivity index (χ0) is 18.6. The van der Waals surface area contributed by atoms with Gasteiger partial charge in [0.2, 0.25) is 0 Å². The predicted octanol–water partition coefficient (Wildman–Crippen LogP) is 1.44. The Balaban J connectivity index is 1.24. The molecule has 0 radical (unpaired) electrons. The lowest BCUT2D eigenvalue weighted by atomic mass is 9.75. The average Bonchev–Trinajstić information content (AvgIpc) is 2.74. The largest absolute Gasteiger partial charge is 0.497 e. The maximum absolute atomic E-state index is 12.8. The van der Waals surface area contributed by atoms with Gasteiger partial charge in [-0.05, 0) is 49.4 Å². The number of hydrogen-bond donors (Lipinski definition) is 1. The Kier molecular flexibility index (Phi) is 5.86. The molecule has 1 aromatic rings. The van der Waals surface area contributed by atoms with Crippen LogP contribution in [0.2, 0.25) is 0 Å². The summed E-state index contributed by atoms with van der Waals surface area (Å²) < 4.78 is 5.24. The summed E-state index contributed by atoms with van der Waals surface area (Å²) in [5.41, 5.74) is 1.22. The molecule has 0 bridgehead atoms. The van der Waals surface area contributed by atoms with Crippen LogP contribution in [0.5, 0.6) is 5.75 Å². The minimum absolute atomic E-state index is 0.355. The van der Waals surface area contributed by atoms with Crippen LogP contribution in [-0.2, 0) is 4.79 Å². The molecule has 1 amide bonds. The third kappa shape index (κ3) is 4.40. The number of fused-ring (bicyclic) bond motifs is 1. The third-order valence-electron chi connectivity index (χ3n) is 6.96. The second-order valence-electron chi connectivity index (χ2n) is 8.54. The first kappa shape index (κ1) is 18.6. The fourth-order valence-corrected chi connectivity index (χ4v) is 5.29. The maximum Gasteiger partial charge on any atom is 0.277 e. The number of ether oxygens (including phenoxy) is 1. The second-order valence-corrected chi connectivity index (χ2v) is 8.54. The van der Waals surface area contributed by atoms with Crippen LogP contribution in [-0.4, -0.2) is 63.7 Å². The molecule has 3 atom stereocenters. The highest BCUT2D eigenvalue weighted by atomic mass is 16.5. The molecule has 1 aliphatic carbocycles. The molecule has 3 aliphatic rings. The zero-order valence-electron chi connectivity index (χ0n) is 16.7. The number of carbonyl (C=O) groups is 1. The van der Waals surface area contributed by atoms with Crippen LogP contribution in [0.1, 0.15) is 32.1 Å². The van der Waals surface area contributed by atoms with Crippen molar-refractivity contribution in [1.82, 2.24) is 4.90 Å². The Labute approximate surface area is 163 Å². The van der Waals surface area contributed by atoms with Crippen molar-refractivity contribution in [3.05, 3.63) is 24.3 Å². The number of hydrogen-bond acceptors (Lipinski definition) is 3. The van der Waals surface area contributed by atoms with Crippen LogP contribution in [0.25, 0.3) is 0 Å². The number of likely N-dealkylation sites (tertiary alicyclic amines) is 1. The number of piperidine rings is 1. The third-order valence-corrected chi connectivity index (χ3v) is 6.96. The number of methoxy groups -OCH3 is 1. The molecule has 5 nitrogen and oxygen atoms in total. The molecule has 2 aliphatic heterocycles. The average molecular weight is 373 g/mol. The van der Waals surface area contributed by atoms with Crippen LogP contribution in [0.4, 0.5) is 5.69 Å². The van der Waals surface area contributed by atoms with E-state index < -0.39 is 0 Å². The van der Waals surface area contributed by atoms with Gasteiger partial charge in [0, 0.05) is 37.8 Å². The van der Waals surface area contributed by atoms with Gasteiger partial charge >= 0.3 is 0 Å². The maximum atomic E-state index is 12.8. The summed E-state index contributed by atoms with van der Waals surface area (Å²) in [6.45, 7) is 6.62. The second kappa shape index (κ2) is 8.51. The number of piperazine rings is 1. The molecule has 3 fully saturated rings. The van der Waals surface area contributed by atoms with Crippen molar-refractivity contribution in [3.63, 3.8) is 0 Å². The molecule has 5 heteroatoms.